The first kappa shape index (κ1) is 49.6. The zero-order valence-corrected chi connectivity index (χ0v) is 42.0. The van der Waals surface area contributed by atoms with E-state index in [9.17, 15) is 19.5 Å². The zero-order chi connectivity index (χ0) is 47.4. The number of carbonyl (C=O) groups is 1. The number of carbonyl (C=O) groups excluding carboxylic acids is 1. The molecule has 2 N–H and O–H groups in total. The summed E-state index contributed by atoms with van der Waals surface area (Å²) in [5.74, 6) is 1.17. The van der Waals surface area contributed by atoms with Crippen LogP contribution in [0, 0.1) is 25.7 Å². The number of nitrogens with zero attached hydrogens (tertiary/aromatic N) is 12. The Morgan fingerprint density at radius 3 is 1.53 bits per heavy atom. The number of hydrogen-bond acceptors (Lipinski definition) is 11. The van der Waals surface area contributed by atoms with Gasteiger partial charge in [-0.15, -0.1) is 0 Å². The molecule has 2 fully saturated rings. The molecule has 10 aromatic rings. The van der Waals surface area contributed by atoms with Crippen LogP contribution in [-0.4, -0.2) is 90.2 Å². The average molecular weight is 946 g/mol. The number of pyridine rings is 2. The molecule has 8 aromatic heterocycles. The first-order valence-corrected chi connectivity index (χ1v) is 22.6. The monoisotopic (exact) mass is 945 g/mol. The molecule has 2 aromatic carbocycles. The molecule has 0 aliphatic heterocycles. The molecule has 12 rings (SSSR count). The second-order valence-corrected chi connectivity index (χ2v) is 17.8. The summed E-state index contributed by atoms with van der Waals surface area (Å²) < 4.78 is 10.4. The van der Waals surface area contributed by atoms with Gasteiger partial charge in [0.2, 0.25) is 0 Å². The number of benzene rings is 2. The van der Waals surface area contributed by atoms with Gasteiger partial charge in [-0.05, 0) is 99.9 Å². The van der Waals surface area contributed by atoms with Gasteiger partial charge < -0.3 is 20.8 Å². The normalized spacial score (nSPS) is 13.1. The summed E-state index contributed by atoms with van der Waals surface area (Å²) in [6, 6.07) is 18.9. The maximum Gasteiger partial charge on any atom is 1.00 e. The van der Waals surface area contributed by atoms with Crippen molar-refractivity contribution in [1.82, 2.24) is 58.2 Å². The fourth-order valence-electron chi connectivity index (χ4n) is 8.90. The molecule has 0 amide bonds. The second-order valence-electron chi connectivity index (χ2n) is 17.8. The summed E-state index contributed by atoms with van der Waals surface area (Å²) >= 11 is 0. The maximum absolute atomic E-state index is 13.9. The van der Waals surface area contributed by atoms with E-state index >= 15 is 0 Å². The van der Waals surface area contributed by atoms with Crippen LogP contribution in [0.1, 0.15) is 54.4 Å². The van der Waals surface area contributed by atoms with Crippen LogP contribution in [0.3, 0.4) is 0 Å². The van der Waals surface area contributed by atoms with Gasteiger partial charge in [0, 0.05) is 119 Å². The summed E-state index contributed by atoms with van der Waals surface area (Å²) in [4.78, 5) is 48.7. The van der Waals surface area contributed by atoms with Crippen LogP contribution < -0.4 is 40.7 Å². The predicted octanol–water partition coefficient (Wildman–Crippen LogP) is 3.36. The number of aldehydes is 1. The van der Waals surface area contributed by atoms with Crippen LogP contribution in [0.25, 0.3) is 77.5 Å². The molecular formula is C51H51BN12NaO5. The van der Waals surface area contributed by atoms with Crippen molar-refractivity contribution in [3.63, 3.8) is 0 Å². The second kappa shape index (κ2) is 20.3. The van der Waals surface area contributed by atoms with E-state index in [4.69, 9.17) is 10.2 Å². The van der Waals surface area contributed by atoms with E-state index in [1.807, 2.05) is 118 Å². The van der Waals surface area contributed by atoms with E-state index in [1.54, 1.807) is 21.8 Å². The SMILES string of the molecule is CO.Cc1ccc(-c2c(=O)n(-c3ccc4nn(C)cc4c3)nc3c(C=O)cn(CC4CC4)c23)cn1.Cc1ccc(-c2c(=O)n(-c3ccc4nn(C)cc4c3)nc3c(CO)cn(CC4CC4)c23)cn1.[B].[H-].[Na+]. The molecule has 70 heavy (non-hydrogen) atoms. The number of fused-ring (bicyclic) bond motifs is 4. The number of aliphatic hydroxyl groups is 2. The Hall–Kier alpha value is -6.83. The molecule has 2 aliphatic carbocycles. The van der Waals surface area contributed by atoms with Gasteiger partial charge in [-0.25, -0.2) is 0 Å². The van der Waals surface area contributed by atoms with Crippen LogP contribution in [0.15, 0.2) is 107 Å². The van der Waals surface area contributed by atoms with E-state index < -0.39 is 0 Å². The predicted molar refractivity (Wildman–Crippen MR) is 267 cm³/mol. The Kier molecular flexibility index (Phi) is 14.4. The van der Waals surface area contributed by atoms with E-state index in [0.717, 1.165) is 83.6 Å². The van der Waals surface area contributed by atoms with E-state index in [2.05, 4.69) is 29.8 Å². The van der Waals surface area contributed by atoms with Gasteiger partial charge in [-0.1, -0.05) is 12.1 Å². The largest absolute Gasteiger partial charge is 1.00 e. The molecular weight excluding hydrogens is 894 g/mol. The van der Waals surface area contributed by atoms with Crippen molar-refractivity contribution >= 4 is 58.6 Å². The fraction of sp³-hybridized carbons (Fsp3) is 0.275. The minimum absolute atomic E-state index is 0. The molecule has 2 aliphatic rings. The van der Waals surface area contributed by atoms with Crippen LogP contribution in [0.4, 0.5) is 0 Å². The molecule has 3 radical (unpaired) electrons. The molecule has 17 nitrogen and oxygen atoms in total. The molecule has 0 spiro atoms. The van der Waals surface area contributed by atoms with Crippen molar-refractivity contribution in [2.75, 3.05) is 7.11 Å². The Labute approximate surface area is 427 Å². The van der Waals surface area contributed by atoms with Crippen molar-refractivity contribution in [3.05, 3.63) is 141 Å². The number of rotatable bonds is 10. The van der Waals surface area contributed by atoms with Gasteiger partial charge in [-0.2, -0.15) is 29.8 Å². The van der Waals surface area contributed by atoms with Crippen LogP contribution in [0.2, 0.25) is 0 Å². The third-order valence-electron chi connectivity index (χ3n) is 12.6. The topological polar surface area (TPSA) is 199 Å². The molecule has 2 saturated carbocycles. The smallest absolute Gasteiger partial charge is 1.00 e. The Balaban J connectivity index is 0.000000194. The van der Waals surface area contributed by atoms with Gasteiger partial charge in [0.05, 0.1) is 56.7 Å². The van der Waals surface area contributed by atoms with Gasteiger partial charge in [0.25, 0.3) is 11.1 Å². The molecule has 0 saturated heterocycles. The molecule has 0 unspecified atom stereocenters. The first-order valence-electron chi connectivity index (χ1n) is 22.6. The standard InChI is InChI=1S/C25H24N6O2.C25H22N6O2.CH4O.B.Na.H/c2*1-15-3-6-17(10-26-15)22-24-23(19(14-32)13-30(24)11-16-4-5-16)28-31(25(22)33)20-7-8-21-18(9-20)12-29(2)27-21;1-2;;;/h3,6-10,12-13,16,32H,4-5,11,14H2,1-2H3;3,6-10,12-14,16H,4-5,11H2,1-2H3;2H,1H3;;;/q;;;;+1;-1. The van der Waals surface area contributed by atoms with Crippen LogP contribution in [-0.2, 0) is 33.8 Å². The van der Waals surface area contributed by atoms with Crippen molar-refractivity contribution < 1.29 is 46.0 Å². The third kappa shape index (κ3) is 9.44. The average Bonchev–Trinajstić information content (AvgIpc) is 4.20. The maximum atomic E-state index is 13.9. The van der Waals surface area contributed by atoms with E-state index in [-0.39, 0.29) is 57.1 Å². The Morgan fingerprint density at radius 2 is 1.10 bits per heavy atom. The fourth-order valence-corrected chi connectivity index (χ4v) is 8.90. The Bertz CT molecular complexity index is 3680. The van der Waals surface area contributed by atoms with Crippen molar-refractivity contribution in [2.24, 2.45) is 25.9 Å². The van der Waals surface area contributed by atoms with Gasteiger partial charge >= 0.3 is 29.6 Å². The van der Waals surface area contributed by atoms with Crippen molar-refractivity contribution in [3.8, 4) is 33.6 Å². The zero-order valence-electron chi connectivity index (χ0n) is 41.0. The Morgan fingerprint density at radius 1 is 0.643 bits per heavy atom. The first-order chi connectivity index (χ1) is 33.0. The third-order valence-corrected chi connectivity index (χ3v) is 12.6. The van der Waals surface area contributed by atoms with E-state index in [0.29, 0.717) is 67.6 Å². The van der Waals surface area contributed by atoms with Crippen LogP contribution >= 0.6 is 0 Å². The summed E-state index contributed by atoms with van der Waals surface area (Å²) in [5.41, 5.74) is 10.6. The summed E-state index contributed by atoms with van der Waals surface area (Å²) in [6.45, 7) is 5.27. The minimum Gasteiger partial charge on any atom is -1.00 e. The number of aliphatic hydroxyl groups excluding tert-OH is 2. The van der Waals surface area contributed by atoms with Crippen LogP contribution in [0.5, 0.6) is 0 Å². The number of aryl methyl sites for hydroxylation is 4. The number of hydrogen-bond donors (Lipinski definition) is 2. The van der Waals surface area contributed by atoms with Gasteiger partial charge in [0.1, 0.15) is 11.0 Å². The summed E-state index contributed by atoms with van der Waals surface area (Å²) in [5, 5.41) is 37.2. The molecule has 0 atom stereocenters. The molecule has 349 valence electrons. The molecule has 0 bridgehead atoms. The van der Waals surface area contributed by atoms with E-state index in [1.165, 1.54) is 22.2 Å². The van der Waals surface area contributed by atoms with Gasteiger partial charge in [0.15, 0.2) is 6.29 Å². The molecule has 19 heteroatoms. The summed E-state index contributed by atoms with van der Waals surface area (Å²) in [6.07, 6.45) is 16.5. The minimum atomic E-state index is -0.246. The van der Waals surface area contributed by atoms with Crippen molar-refractivity contribution in [1.29, 1.82) is 0 Å². The number of aromatic nitrogens is 12. The summed E-state index contributed by atoms with van der Waals surface area (Å²) in [7, 11) is 4.73. The van der Waals surface area contributed by atoms with Crippen molar-refractivity contribution in [2.45, 2.75) is 59.2 Å². The van der Waals surface area contributed by atoms with Gasteiger partial charge in [-0.3, -0.25) is 33.7 Å². The molecule has 8 heterocycles. The quantitative estimate of drug-likeness (QED) is 0.151.